The minimum Gasteiger partial charge on any atom is -0.354 e. The number of carbonyl (C=O) groups is 1. The number of piperazine rings is 1. The fourth-order valence-electron chi connectivity index (χ4n) is 4.54. The van der Waals surface area contributed by atoms with Gasteiger partial charge in [-0.1, -0.05) is 32.0 Å². The molecule has 0 saturated carbocycles. The Morgan fingerprint density at radius 1 is 1.16 bits per heavy atom. The van der Waals surface area contributed by atoms with Crippen molar-refractivity contribution in [2.75, 3.05) is 50.7 Å². The van der Waals surface area contributed by atoms with Crippen LogP contribution in [0.2, 0.25) is 0 Å². The van der Waals surface area contributed by atoms with E-state index in [0.29, 0.717) is 30.5 Å². The Labute approximate surface area is 191 Å². The van der Waals surface area contributed by atoms with Crippen molar-refractivity contribution in [2.45, 2.75) is 51.9 Å². The highest BCUT2D eigenvalue weighted by molar-refractivity contribution is 5.76. The first-order valence-corrected chi connectivity index (χ1v) is 11.9. The smallest absolute Gasteiger partial charge is 0.227 e. The fourth-order valence-corrected chi connectivity index (χ4v) is 4.54. The molecule has 174 valence electrons. The number of aromatic nitrogens is 3. The molecular formula is C24H36N6O2. The molecule has 8 heteroatoms. The van der Waals surface area contributed by atoms with Crippen LogP contribution in [-0.4, -0.2) is 76.6 Å². The van der Waals surface area contributed by atoms with Crippen LogP contribution in [0.3, 0.4) is 0 Å². The van der Waals surface area contributed by atoms with Crippen molar-refractivity contribution in [1.82, 2.24) is 24.9 Å². The van der Waals surface area contributed by atoms with E-state index in [0.717, 1.165) is 58.1 Å². The lowest BCUT2D eigenvalue weighted by Crippen LogP contribution is -2.50. The van der Waals surface area contributed by atoms with Crippen LogP contribution in [0.4, 0.5) is 5.82 Å². The summed E-state index contributed by atoms with van der Waals surface area (Å²) in [5, 5.41) is 4.06. The molecule has 2 fully saturated rings. The van der Waals surface area contributed by atoms with E-state index < -0.39 is 0 Å². The lowest BCUT2D eigenvalue weighted by atomic mass is 9.96. The topological polar surface area (TPSA) is 78.6 Å². The molecule has 1 amide bonds. The van der Waals surface area contributed by atoms with E-state index >= 15 is 0 Å². The predicted octanol–water partition coefficient (Wildman–Crippen LogP) is 2.76. The molecule has 1 unspecified atom stereocenters. The van der Waals surface area contributed by atoms with Gasteiger partial charge in [0.05, 0.1) is 0 Å². The minimum atomic E-state index is -0.144. The summed E-state index contributed by atoms with van der Waals surface area (Å²) in [6.07, 6.45) is 5.08. The maximum absolute atomic E-state index is 12.8. The second-order valence-electron chi connectivity index (χ2n) is 10.1. The molecule has 0 bridgehead atoms. The van der Waals surface area contributed by atoms with Crippen molar-refractivity contribution in [3.8, 4) is 0 Å². The van der Waals surface area contributed by atoms with E-state index in [1.807, 2.05) is 23.2 Å². The second-order valence-corrected chi connectivity index (χ2v) is 10.1. The van der Waals surface area contributed by atoms with Gasteiger partial charge in [0.2, 0.25) is 11.8 Å². The number of likely N-dealkylation sites (tertiary alicyclic amines) is 1. The molecule has 0 radical (unpaired) electrons. The van der Waals surface area contributed by atoms with Crippen LogP contribution in [0, 0.1) is 5.92 Å². The van der Waals surface area contributed by atoms with E-state index in [-0.39, 0.29) is 11.3 Å². The summed E-state index contributed by atoms with van der Waals surface area (Å²) in [7, 11) is 0. The van der Waals surface area contributed by atoms with Crippen LogP contribution in [0.15, 0.2) is 28.9 Å². The zero-order valence-corrected chi connectivity index (χ0v) is 19.7. The quantitative estimate of drug-likeness (QED) is 0.683. The average molecular weight is 441 g/mol. The van der Waals surface area contributed by atoms with E-state index in [1.165, 1.54) is 6.42 Å². The Bertz CT molecular complexity index is 870. The Kier molecular flexibility index (Phi) is 7.08. The number of piperidine rings is 1. The monoisotopic (exact) mass is 440 g/mol. The SMILES string of the molecule is CC(C)(C)c1noc(CCC(=O)N2CCCC(CN3CCN(c4ccccn4)CC3)C2)n1. The summed E-state index contributed by atoms with van der Waals surface area (Å²) in [6, 6.07) is 6.09. The van der Waals surface area contributed by atoms with Gasteiger partial charge >= 0.3 is 0 Å². The molecule has 8 nitrogen and oxygen atoms in total. The molecular weight excluding hydrogens is 404 g/mol. The number of pyridine rings is 1. The Balaban J connectivity index is 1.21. The summed E-state index contributed by atoms with van der Waals surface area (Å²) in [4.78, 5) is 28.7. The largest absolute Gasteiger partial charge is 0.354 e. The molecule has 0 aromatic carbocycles. The molecule has 0 spiro atoms. The van der Waals surface area contributed by atoms with Gasteiger partial charge in [-0.05, 0) is 30.9 Å². The first-order chi connectivity index (χ1) is 15.4. The standard InChI is InChI=1S/C24H36N6O2/c1-24(2,3)23-26-21(32-27-23)9-10-22(31)30-12-6-7-19(18-30)17-28-13-15-29(16-14-28)20-8-4-5-11-25-20/h4-5,8,11,19H,6-7,9-10,12-18H2,1-3H3. The highest BCUT2D eigenvalue weighted by Gasteiger charge is 2.27. The van der Waals surface area contributed by atoms with E-state index in [9.17, 15) is 4.79 Å². The molecule has 2 aromatic heterocycles. The van der Waals surface area contributed by atoms with Gasteiger partial charge in [0.15, 0.2) is 5.82 Å². The lowest BCUT2D eigenvalue weighted by Gasteiger charge is -2.39. The van der Waals surface area contributed by atoms with Crippen molar-refractivity contribution in [2.24, 2.45) is 5.92 Å². The third kappa shape index (κ3) is 5.85. The maximum atomic E-state index is 12.8. The van der Waals surface area contributed by atoms with Gasteiger partial charge < -0.3 is 14.3 Å². The fraction of sp³-hybridized carbons (Fsp3) is 0.667. The van der Waals surface area contributed by atoms with Gasteiger partial charge in [-0.25, -0.2) is 4.98 Å². The number of nitrogens with zero attached hydrogens (tertiary/aromatic N) is 6. The van der Waals surface area contributed by atoms with E-state index in [1.54, 1.807) is 0 Å². The highest BCUT2D eigenvalue weighted by atomic mass is 16.5. The normalized spacial score (nSPS) is 20.5. The van der Waals surface area contributed by atoms with Gasteiger partial charge in [0, 0.05) is 70.3 Å². The molecule has 4 rings (SSSR count). The Hall–Kier alpha value is -2.48. The van der Waals surface area contributed by atoms with Crippen molar-refractivity contribution >= 4 is 11.7 Å². The number of hydrogen-bond donors (Lipinski definition) is 0. The number of aryl methyl sites for hydroxylation is 1. The Morgan fingerprint density at radius 3 is 2.66 bits per heavy atom. The summed E-state index contributed by atoms with van der Waals surface area (Å²) < 4.78 is 5.34. The first kappa shape index (κ1) is 22.7. The van der Waals surface area contributed by atoms with Crippen molar-refractivity contribution in [3.63, 3.8) is 0 Å². The van der Waals surface area contributed by atoms with Crippen LogP contribution < -0.4 is 4.90 Å². The second kappa shape index (κ2) is 9.98. The average Bonchev–Trinajstić information content (AvgIpc) is 3.29. The minimum absolute atomic E-state index is 0.144. The number of amides is 1. The van der Waals surface area contributed by atoms with E-state index in [2.05, 4.69) is 51.8 Å². The van der Waals surface area contributed by atoms with Gasteiger partial charge in [-0.15, -0.1) is 0 Å². The predicted molar refractivity (Wildman–Crippen MR) is 124 cm³/mol. The van der Waals surface area contributed by atoms with Crippen LogP contribution in [0.25, 0.3) is 0 Å². The number of carbonyl (C=O) groups excluding carboxylic acids is 1. The van der Waals surface area contributed by atoms with Crippen LogP contribution in [0.1, 0.15) is 51.7 Å². The summed E-state index contributed by atoms with van der Waals surface area (Å²) in [6.45, 7) is 13.1. The zero-order valence-electron chi connectivity index (χ0n) is 19.7. The summed E-state index contributed by atoms with van der Waals surface area (Å²) in [5.74, 6) is 3.07. The van der Waals surface area contributed by atoms with E-state index in [4.69, 9.17) is 4.52 Å². The summed E-state index contributed by atoms with van der Waals surface area (Å²) >= 11 is 0. The van der Waals surface area contributed by atoms with Crippen LogP contribution in [0.5, 0.6) is 0 Å². The maximum Gasteiger partial charge on any atom is 0.227 e. The van der Waals surface area contributed by atoms with Crippen LogP contribution >= 0.6 is 0 Å². The zero-order chi connectivity index (χ0) is 22.6. The summed E-state index contributed by atoms with van der Waals surface area (Å²) in [5.41, 5.74) is -0.144. The molecule has 0 aliphatic carbocycles. The van der Waals surface area contributed by atoms with Crippen molar-refractivity contribution in [3.05, 3.63) is 36.1 Å². The number of anilines is 1. The third-order valence-corrected chi connectivity index (χ3v) is 6.43. The molecule has 0 N–H and O–H groups in total. The van der Waals surface area contributed by atoms with Crippen molar-refractivity contribution in [1.29, 1.82) is 0 Å². The van der Waals surface area contributed by atoms with Crippen LogP contribution in [-0.2, 0) is 16.6 Å². The molecule has 2 aliphatic heterocycles. The molecule has 2 saturated heterocycles. The molecule has 4 heterocycles. The lowest BCUT2D eigenvalue weighted by molar-refractivity contribution is -0.133. The molecule has 2 aromatic rings. The van der Waals surface area contributed by atoms with Gasteiger partial charge in [-0.3, -0.25) is 9.69 Å². The molecule has 2 aliphatic rings. The molecule has 1 atom stereocenters. The Morgan fingerprint density at radius 2 is 1.97 bits per heavy atom. The first-order valence-electron chi connectivity index (χ1n) is 11.9. The highest BCUT2D eigenvalue weighted by Crippen LogP contribution is 2.22. The van der Waals surface area contributed by atoms with Gasteiger partial charge in [0.1, 0.15) is 5.82 Å². The number of hydrogen-bond acceptors (Lipinski definition) is 7. The van der Waals surface area contributed by atoms with Crippen molar-refractivity contribution < 1.29 is 9.32 Å². The third-order valence-electron chi connectivity index (χ3n) is 6.43. The molecule has 32 heavy (non-hydrogen) atoms. The number of rotatable bonds is 6. The van der Waals surface area contributed by atoms with Gasteiger partial charge in [-0.2, -0.15) is 4.98 Å². The van der Waals surface area contributed by atoms with Gasteiger partial charge in [0.25, 0.3) is 0 Å².